The van der Waals surface area contributed by atoms with E-state index in [2.05, 4.69) is 49.2 Å². The number of pyridine rings is 1. The standard InChI is InChI=1S/C24H26ClN9O/c1-15(30-20-10-21(25)27-12-18(20)6-5-17-11-28-33(3)14-17)7-8-35-24-19(13-29-34(24)4)23-31-16(2)9-22(26)32-23/h9-15H,7-8H2,1-4H3,(H,27,30)(H2,26,31,32)/t15-/m0/s1. The molecule has 0 aliphatic rings. The van der Waals surface area contributed by atoms with Crippen LogP contribution >= 0.6 is 11.6 Å². The van der Waals surface area contributed by atoms with Gasteiger partial charge in [0, 0.05) is 50.7 Å². The molecule has 4 aromatic rings. The van der Waals surface area contributed by atoms with E-state index in [-0.39, 0.29) is 6.04 Å². The summed E-state index contributed by atoms with van der Waals surface area (Å²) in [5.74, 6) is 7.71. The van der Waals surface area contributed by atoms with Gasteiger partial charge in [0.05, 0.1) is 35.8 Å². The molecule has 0 aromatic carbocycles. The second-order valence-electron chi connectivity index (χ2n) is 8.13. The van der Waals surface area contributed by atoms with Crippen molar-refractivity contribution in [2.45, 2.75) is 26.3 Å². The van der Waals surface area contributed by atoms with Crippen LogP contribution in [0.4, 0.5) is 11.5 Å². The van der Waals surface area contributed by atoms with E-state index in [0.29, 0.717) is 41.3 Å². The second-order valence-corrected chi connectivity index (χ2v) is 8.52. The van der Waals surface area contributed by atoms with Crippen LogP contribution in [0.3, 0.4) is 0 Å². The average Bonchev–Trinajstić information content (AvgIpc) is 3.38. The number of hydrogen-bond donors (Lipinski definition) is 2. The lowest BCUT2D eigenvalue weighted by atomic mass is 10.2. The number of ether oxygens (including phenoxy) is 1. The molecule has 0 aliphatic heterocycles. The number of rotatable bonds is 7. The maximum Gasteiger partial charge on any atom is 0.222 e. The quantitative estimate of drug-likeness (QED) is 0.298. The summed E-state index contributed by atoms with van der Waals surface area (Å²) in [5, 5.41) is 12.3. The second kappa shape index (κ2) is 10.4. The highest BCUT2D eigenvalue weighted by Gasteiger charge is 2.16. The molecule has 4 aromatic heterocycles. The largest absolute Gasteiger partial charge is 0.477 e. The highest BCUT2D eigenvalue weighted by Crippen LogP contribution is 2.28. The molecule has 4 rings (SSSR count). The molecule has 10 nitrogen and oxygen atoms in total. The van der Waals surface area contributed by atoms with Crippen molar-refractivity contribution >= 4 is 23.1 Å². The van der Waals surface area contributed by atoms with Crippen LogP contribution in [-0.4, -0.2) is 47.2 Å². The number of nitrogens with two attached hydrogens (primary N) is 1. The number of halogens is 1. The summed E-state index contributed by atoms with van der Waals surface area (Å²) in [4.78, 5) is 13.0. The monoisotopic (exact) mass is 491 g/mol. The summed E-state index contributed by atoms with van der Waals surface area (Å²) >= 11 is 6.14. The summed E-state index contributed by atoms with van der Waals surface area (Å²) in [5.41, 5.74) is 9.73. The Morgan fingerprint density at radius 2 is 1.97 bits per heavy atom. The highest BCUT2D eigenvalue weighted by molar-refractivity contribution is 6.29. The first-order valence-corrected chi connectivity index (χ1v) is 11.4. The molecule has 180 valence electrons. The normalized spacial score (nSPS) is 11.6. The number of anilines is 2. The van der Waals surface area contributed by atoms with Gasteiger partial charge in [-0.2, -0.15) is 10.2 Å². The van der Waals surface area contributed by atoms with Crippen molar-refractivity contribution < 1.29 is 4.74 Å². The van der Waals surface area contributed by atoms with Gasteiger partial charge in [0.15, 0.2) is 5.82 Å². The summed E-state index contributed by atoms with van der Waals surface area (Å²) in [7, 11) is 3.66. The smallest absolute Gasteiger partial charge is 0.222 e. The van der Waals surface area contributed by atoms with E-state index in [1.807, 2.05) is 27.2 Å². The summed E-state index contributed by atoms with van der Waals surface area (Å²) < 4.78 is 9.44. The molecular formula is C24H26ClN9O. The molecule has 4 heterocycles. The van der Waals surface area contributed by atoms with E-state index >= 15 is 0 Å². The maximum atomic E-state index is 6.14. The third-order valence-corrected chi connectivity index (χ3v) is 5.31. The van der Waals surface area contributed by atoms with Crippen molar-refractivity contribution in [1.82, 2.24) is 34.5 Å². The number of nitrogen functional groups attached to an aromatic ring is 1. The SMILES string of the molecule is Cc1cc(N)nc(-c2cnn(C)c2OCC[C@H](C)Nc2cc(Cl)ncc2C#Cc2cnn(C)c2)n1. The predicted octanol–water partition coefficient (Wildman–Crippen LogP) is 3.22. The molecule has 0 radical (unpaired) electrons. The van der Waals surface area contributed by atoms with E-state index in [4.69, 9.17) is 22.1 Å². The van der Waals surface area contributed by atoms with Gasteiger partial charge in [-0.15, -0.1) is 0 Å². The molecule has 0 amide bonds. The zero-order chi connectivity index (χ0) is 24.9. The number of hydrogen-bond acceptors (Lipinski definition) is 8. The van der Waals surface area contributed by atoms with Crippen LogP contribution in [0.2, 0.25) is 5.15 Å². The van der Waals surface area contributed by atoms with Crippen LogP contribution in [0.5, 0.6) is 5.88 Å². The molecule has 0 saturated heterocycles. The minimum Gasteiger partial charge on any atom is -0.477 e. The van der Waals surface area contributed by atoms with Gasteiger partial charge >= 0.3 is 0 Å². The summed E-state index contributed by atoms with van der Waals surface area (Å²) in [6.45, 7) is 4.37. The Hall–Kier alpha value is -4.10. The first-order valence-electron chi connectivity index (χ1n) is 11.0. The van der Waals surface area contributed by atoms with Crippen LogP contribution in [0.15, 0.2) is 36.9 Å². The van der Waals surface area contributed by atoms with Crippen LogP contribution < -0.4 is 15.8 Å². The highest BCUT2D eigenvalue weighted by atomic mass is 35.5. The van der Waals surface area contributed by atoms with Crippen molar-refractivity contribution in [2.75, 3.05) is 17.7 Å². The maximum absolute atomic E-state index is 6.14. The zero-order valence-corrected chi connectivity index (χ0v) is 20.7. The van der Waals surface area contributed by atoms with Gasteiger partial charge in [-0.25, -0.2) is 19.6 Å². The van der Waals surface area contributed by atoms with E-state index < -0.39 is 0 Å². The predicted molar refractivity (Wildman–Crippen MR) is 135 cm³/mol. The van der Waals surface area contributed by atoms with Crippen LogP contribution in [0, 0.1) is 18.8 Å². The van der Waals surface area contributed by atoms with Crippen LogP contribution in [-0.2, 0) is 14.1 Å². The van der Waals surface area contributed by atoms with Crippen molar-refractivity contribution in [1.29, 1.82) is 0 Å². The minimum absolute atomic E-state index is 0.0648. The fourth-order valence-corrected chi connectivity index (χ4v) is 3.57. The van der Waals surface area contributed by atoms with Gasteiger partial charge < -0.3 is 15.8 Å². The van der Waals surface area contributed by atoms with E-state index in [0.717, 1.165) is 22.5 Å². The van der Waals surface area contributed by atoms with Crippen molar-refractivity contribution in [3.63, 3.8) is 0 Å². The van der Waals surface area contributed by atoms with Crippen molar-refractivity contribution in [2.24, 2.45) is 14.1 Å². The topological polar surface area (TPSA) is 122 Å². The molecule has 0 fully saturated rings. The Morgan fingerprint density at radius 3 is 2.71 bits per heavy atom. The summed E-state index contributed by atoms with van der Waals surface area (Å²) in [6.07, 6.45) is 7.61. The van der Waals surface area contributed by atoms with Gasteiger partial charge in [-0.05, 0) is 19.9 Å². The Balaban J connectivity index is 1.42. The molecular weight excluding hydrogens is 466 g/mol. The van der Waals surface area contributed by atoms with E-state index in [9.17, 15) is 0 Å². The molecule has 11 heteroatoms. The number of aryl methyl sites for hydroxylation is 3. The van der Waals surface area contributed by atoms with Crippen molar-refractivity contribution in [3.8, 4) is 29.1 Å². The lowest BCUT2D eigenvalue weighted by Crippen LogP contribution is -2.19. The minimum atomic E-state index is 0.0648. The molecule has 0 spiro atoms. The third kappa shape index (κ3) is 6.07. The fraction of sp³-hybridized carbons (Fsp3) is 0.292. The van der Waals surface area contributed by atoms with Gasteiger partial charge in [-0.1, -0.05) is 23.4 Å². The van der Waals surface area contributed by atoms with Crippen LogP contribution in [0.1, 0.15) is 30.2 Å². The van der Waals surface area contributed by atoms with Crippen molar-refractivity contribution in [3.05, 3.63) is 58.9 Å². The lowest BCUT2D eigenvalue weighted by molar-refractivity contribution is 0.280. The number of nitrogens with one attached hydrogen (secondary N) is 1. The average molecular weight is 492 g/mol. The molecule has 0 saturated carbocycles. The first-order chi connectivity index (χ1) is 16.8. The fourth-order valence-electron chi connectivity index (χ4n) is 3.41. The van der Waals surface area contributed by atoms with Gasteiger partial charge in [-0.3, -0.25) is 4.68 Å². The molecule has 0 bridgehead atoms. The molecule has 0 aliphatic carbocycles. The Kier molecular flexibility index (Phi) is 7.17. The molecule has 35 heavy (non-hydrogen) atoms. The lowest BCUT2D eigenvalue weighted by Gasteiger charge is -2.17. The van der Waals surface area contributed by atoms with Crippen LogP contribution in [0.25, 0.3) is 11.4 Å². The van der Waals surface area contributed by atoms with Gasteiger partial charge in [0.25, 0.3) is 0 Å². The Morgan fingerprint density at radius 1 is 1.14 bits per heavy atom. The van der Waals surface area contributed by atoms with E-state index in [1.54, 1.807) is 40.1 Å². The number of aromatic nitrogens is 7. The molecule has 0 unspecified atom stereocenters. The van der Waals surface area contributed by atoms with Gasteiger partial charge in [0.1, 0.15) is 16.5 Å². The Bertz CT molecular complexity index is 1380. The zero-order valence-electron chi connectivity index (χ0n) is 19.9. The van der Waals surface area contributed by atoms with Gasteiger partial charge in [0.2, 0.25) is 5.88 Å². The Labute approximate surface area is 208 Å². The molecule has 3 N–H and O–H groups in total. The molecule has 1 atom stereocenters. The number of nitrogens with zero attached hydrogens (tertiary/aromatic N) is 7. The first kappa shape index (κ1) is 24.0. The van der Waals surface area contributed by atoms with E-state index in [1.165, 1.54) is 0 Å². The third-order valence-electron chi connectivity index (χ3n) is 5.11. The summed E-state index contributed by atoms with van der Waals surface area (Å²) in [6, 6.07) is 3.55.